The summed E-state index contributed by atoms with van der Waals surface area (Å²) in [5, 5.41) is 0. The first kappa shape index (κ1) is 13.1. The van der Waals surface area contributed by atoms with Crippen molar-refractivity contribution in [3.63, 3.8) is 0 Å². The maximum absolute atomic E-state index is 4.56. The lowest BCUT2D eigenvalue weighted by Gasteiger charge is -2.11. The molecule has 3 aromatic carbocycles. The highest BCUT2D eigenvalue weighted by Crippen LogP contribution is 2.37. The van der Waals surface area contributed by atoms with Crippen molar-refractivity contribution in [3.8, 4) is 22.3 Å². The van der Waals surface area contributed by atoms with Crippen LogP contribution in [0.4, 0.5) is 0 Å². The fourth-order valence-corrected chi connectivity index (χ4v) is 3.25. The molecule has 2 heterocycles. The van der Waals surface area contributed by atoms with E-state index in [1.807, 2.05) is 12.1 Å². The van der Waals surface area contributed by atoms with Crippen molar-refractivity contribution in [2.24, 2.45) is 0 Å². The van der Waals surface area contributed by atoms with Crippen molar-refractivity contribution < 1.29 is 0 Å². The van der Waals surface area contributed by atoms with E-state index in [0.29, 0.717) is 0 Å². The second kappa shape index (κ2) is 5.06. The van der Waals surface area contributed by atoms with Gasteiger partial charge in [0.05, 0.1) is 34.7 Å². The van der Waals surface area contributed by atoms with Crippen LogP contribution >= 0.6 is 0 Å². The van der Waals surface area contributed by atoms with Crippen LogP contribution in [0, 0.1) is 0 Å². The third-order valence-corrected chi connectivity index (χ3v) is 4.39. The standard InChI is InChI=1S/C20H14N4/c1-2-4-13(5-3-1)19-15(7-9-17-20(19)24-12-22-17)14-6-8-16-18(10-14)23-11-21-16/h1-12H,(H,21,23)(H,22,24). The van der Waals surface area contributed by atoms with Crippen LogP contribution in [-0.2, 0) is 0 Å². The van der Waals surface area contributed by atoms with E-state index in [9.17, 15) is 0 Å². The second-order valence-electron chi connectivity index (χ2n) is 5.79. The molecule has 0 atom stereocenters. The molecule has 2 N–H and O–H groups in total. The topological polar surface area (TPSA) is 57.4 Å². The number of nitrogens with one attached hydrogen (secondary N) is 2. The molecule has 0 radical (unpaired) electrons. The summed E-state index contributed by atoms with van der Waals surface area (Å²) in [5.74, 6) is 0. The Balaban J connectivity index is 1.84. The Kier molecular flexibility index (Phi) is 2.76. The fourth-order valence-electron chi connectivity index (χ4n) is 3.25. The summed E-state index contributed by atoms with van der Waals surface area (Å²) in [7, 11) is 0. The van der Waals surface area contributed by atoms with Crippen molar-refractivity contribution in [3.05, 3.63) is 73.3 Å². The van der Waals surface area contributed by atoms with Gasteiger partial charge in [-0.05, 0) is 34.9 Å². The molecule has 0 amide bonds. The molecule has 0 spiro atoms. The van der Waals surface area contributed by atoms with Gasteiger partial charge in [-0.1, -0.05) is 42.5 Å². The van der Waals surface area contributed by atoms with Crippen LogP contribution in [0.15, 0.2) is 73.3 Å². The van der Waals surface area contributed by atoms with E-state index in [1.165, 1.54) is 0 Å². The molecule has 24 heavy (non-hydrogen) atoms. The molecule has 0 aliphatic rings. The fraction of sp³-hybridized carbons (Fsp3) is 0. The maximum Gasteiger partial charge on any atom is 0.0967 e. The highest BCUT2D eigenvalue weighted by atomic mass is 14.9. The summed E-state index contributed by atoms with van der Waals surface area (Å²) in [6, 6.07) is 20.9. The number of aromatic nitrogens is 4. The average molecular weight is 310 g/mol. The number of H-pyrrole nitrogens is 2. The number of fused-ring (bicyclic) bond motifs is 2. The van der Waals surface area contributed by atoms with E-state index >= 15 is 0 Å². The molecule has 0 aliphatic carbocycles. The predicted molar refractivity (Wildman–Crippen MR) is 96.6 cm³/mol. The van der Waals surface area contributed by atoms with Gasteiger partial charge >= 0.3 is 0 Å². The predicted octanol–water partition coefficient (Wildman–Crippen LogP) is 4.77. The molecule has 0 saturated carbocycles. The minimum atomic E-state index is 0.973. The third kappa shape index (κ3) is 1.93. The van der Waals surface area contributed by atoms with Crippen LogP contribution in [0.25, 0.3) is 44.3 Å². The normalized spacial score (nSPS) is 11.3. The molecule has 0 saturated heterocycles. The van der Waals surface area contributed by atoms with E-state index in [2.05, 4.69) is 68.5 Å². The minimum Gasteiger partial charge on any atom is -0.345 e. The Morgan fingerprint density at radius 1 is 0.667 bits per heavy atom. The maximum atomic E-state index is 4.56. The molecule has 0 fully saturated rings. The SMILES string of the molecule is c1ccc(-c2c(-c3ccc4nc[nH]c4c3)ccc3[nH]cnc23)cc1. The first-order valence-electron chi connectivity index (χ1n) is 7.85. The largest absolute Gasteiger partial charge is 0.345 e. The van der Waals surface area contributed by atoms with Crippen LogP contribution in [-0.4, -0.2) is 19.9 Å². The average Bonchev–Trinajstić information content (AvgIpc) is 3.29. The summed E-state index contributed by atoms with van der Waals surface area (Å²) < 4.78 is 0. The molecule has 114 valence electrons. The van der Waals surface area contributed by atoms with Gasteiger partial charge in [0.1, 0.15) is 0 Å². The number of benzene rings is 3. The van der Waals surface area contributed by atoms with Gasteiger partial charge in [0.2, 0.25) is 0 Å². The van der Waals surface area contributed by atoms with Gasteiger partial charge in [-0.3, -0.25) is 0 Å². The number of imidazole rings is 2. The second-order valence-corrected chi connectivity index (χ2v) is 5.79. The van der Waals surface area contributed by atoms with Gasteiger partial charge in [-0.2, -0.15) is 0 Å². The summed E-state index contributed by atoms with van der Waals surface area (Å²) >= 11 is 0. The van der Waals surface area contributed by atoms with E-state index in [1.54, 1.807) is 12.7 Å². The molecule has 2 aromatic heterocycles. The lowest BCUT2D eigenvalue weighted by atomic mass is 9.93. The molecular formula is C20H14N4. The van der Waals surface area contributed by atoms with Gasteiger partial charge in [0.25, 0.3) is 0 Å². The molecule has 0 bridgehead atoms. The molecule has 5 rings (SSSR count). The van der Waals surface area contributed by atoms with E-state index < -0.39 is 0 Å². The number of rotatable bonds is 2. The molecule has 5 aromatic rings. The summed E-state index contributed by atoms with van der Waals surface area (Å²) in [5.41, 5.74) is 8.66. The number of nitrogens with zero attached hydrogens (tertiary/aromatic N) is 2. The number of aromatic amines is 2. The first-order valence-corrected chi connectivity index (χ1v) is 7.85. The Labute approximate surface area is 138 Å². The number of hydrogen-bond donors (Lipinski definition) is 2. The zero-order valence-corrected chi connectivity index (χ0v) is 12.8. The van der Waals surface area contributed by atoms with Crippen LogP contribution in [0.2, 0.25) is 0 Å². The minimum absolute atomic E-state index is 0.973. The van der Waals surface area contributed by atoms with Crippen LogP contribution in [0.3, 0.4) is 0 Å². The van der Waals surface area contributed by atoms with Crippen molar-refractivity contribution >= 4 is 22.1 Å². The Morgan fingerprint density at radius 3 is 2.42 bits per heavy atom. The van der Waals surface area contributed by atoms with Gasteiger partial charge < -0.3 is 9.97 Å². The molecule has 4 nitrogen and oxygen atoms in total. The van der Waals surface area contributed by atoms with Crippen LogP contribution in [0.1, 0.15) is 0 Å². The molecule has 0 aliphatic heterocycles. The lowest BCUT2D eigenvalue weighted by Crippen LogP contribution is -1.88. The van der Waals surface area contributed by atoms with Gasteiger partial charge in [0.15, 0.2) is 0 Å². The zero-order chi connectivity index (χ0) is 15.9. The molecule has 4 heteroatoms. The highest BCUT2D eigenvalue weighted by Gasteiger charge is 2.14. The van der Waals surface area contributed by atoms with Gasteiger partial charge in [-0.15, -0.1) is 0 Å². The Morgan fingerprint density at radius 2 is 1.50 bits per heavy atom. The van der Waals surface area contributed by atoms with Crippen molar-refractivity contribution in [1.29, 1.82) is 0 Å². The highest BCUT2D eigenvalue weighted by molar-refractivity contribution is 6.01. The Hall–Kier alpha value is -3.40. The third-order valence-electron chi connectivity index (χ3n) is 4.39. The smallest absolute Gasteiger partial charge is 0.0967 e. The van der Waals surface area contributed by atoms with Crippen LogP contribution in [0.5, 0.6) is 0 Å². The van der Waals surface area contributed by atoms with Crippen molar-refractivity contribution in [2.75, 3.05) is 0 Å². The summed E-state index contributed by atoms with van der Waals surface area (Å²) in [6.07, 6.45) is 3.47. The summed E-state index contributed by atoms with van der Waals surface area (Å²) in [4.78, 5) is 15.3. The van der Waals surface area contributed by atoms with Crippen LogP contribution < -0.4 is 0 Å². The quantitative estimate of drug-likeness (QED) is 0.493. The van der Waals surface area contributed by atoms with Crippen molar-refractivity contribution in [1.82, 2.24) is 19.9 Å². The van der Waals surface area contributed by atoms with Crippen molar-refractivity contribution in [2.45, 2.75) is 0 Å². The molecule has 0 unspecified atom stereocenters. The molecular weight excluding hydrogens is 296 g/mol. The van der Waals surface area contributed by atoms with Gasteiger partial charge in [-0.25, -0.2) is 9.97 Å². The first-order chi connectivity index (χ1) is 11.9. The number of hydrogen-bond acceptors (Lipinski definition) is 2. The zero-order valence-electron chi connectivity index (χ0n) is 12.8. The van der Waals surface area contributed by atoms with Gasteiger partial charge in [0, 0.05) is 5.56 Å². The van der Waals surface area contributed by atoms with E-state index in [-0.39, 0.29) is 0 Å². The van der Waals surface area contributed by atoms with E-state index in [0.717, 1.165) is 44.3 Å². The summed E-state index contributed by atoms with van der Waals surface area (Å²) in [6.45, 7) is 0. The monoisotopic (exact) mass is 310 g/mol. The Bertz CT molecular complexity index is 1150. The lowest BCUT2D eigenvalue weighted by molar-refractivity contribution is 1.34. The van der Waals surface area contributed by atoms with E-state index in [4.69, 9.17) is 0 Å².